The van der Waals surface area contributed by atoms with E-state index in [1.54, 1.807) is 6.07 Å². The number of phenols is 1. The van der Waals surface area contributed by atoms with Crippen molar-refractivity contribution in [3.63, 3.8) is 0 Å². The molecule has 2 N–H and O–H groups in total. The van der Waals surface area contributed by atoms with Gasteiger partial charge < -0.3 is 15.3 Å². The smallest absolute Gasteiger partial charge is 0.257 e. The molecular weight excluding hydrogens is 372 g/mol. The van der Waals surface area contributed by atoms with Gasteiger partial charge in [0.1, 0.15) is 5.75 Å². The summed E-state index contributed by atoms with van der Waals surface area (Å²) in [5.41, 5.74) is 2.94. The zero-order valence-corrected chi connectivity index (χ0v) is 15.3. The second kappa shape index (κ2) is 7.49. The fourth-order valence-electron chi connectivity index (χ4n) is 2.25. The minimum atomic E-state index is -0.426. The lowest BCUT2D eigenvalue weighted by molar-refractivity contribution is -0.116. The van der Waals surface area contributed by atoms with Crippen LogP contribution in [0.25, 0.3) is 0 Å². The third-order valence-electron chi connectivity index (χ3n) is 3.80. The van der Waals surface area contributed by atoms with E-state index in [1.807, 2.05) is 32.0 Å². The quantitative estimate of drug-likeness (QED) is 0.839. The fourth-order valence-corrected chi connectivity index (χ4v) is 2.61. The number of carbonyl (C=O) groups is 2. The van der Waals surface area contributed by atoms with Crippen molar-refractivity contribution < 1.29 is 14.7 Å². The summed E-state index contributed by atoms with van der Waals surface area (Å²) in [7, 11) is 1.52. The molecule has 0 saturated heterocycles. The molecule has 0 bridgehead atoms. The summed E-state index contributed by atoms with van der Waals surface area (Å²) in [5, 5.41) is 12.6. The topological polar surface area (TPSA) is 69.6 Å². The maximum atomic E-state index is 12.4. The van der Waals surface area contributed by atoms with Crippen molar-refractivity contribution in [2.45, 2.75) is 13.8 Å². The molecule has 0 heterocycles. The van der Waals surface area contributed by atoms with E-state index in [2.05, 4.69) is 21.2 Å². The Labute approximate surface area is 149 Å². The Balaban J connectivity index is 2.07. The predicted molar refractivity (Wildman–Crippen MR) is 97.3 cm³/mol. The maximum Gasteiger partial charge on any atom is 0.257 e. The molecule has 0 unspecified atom stereocenters. The number of aryl methyl sites for hydroxylation is 1. The van der Waals surface area contributed by atoms with E-state index in [0.29, 0.717) is 4.47 Å². The number of benzene rings is 2. The number of hydrogen-bond donors (Lipinski definition) is 2. The van der Waals surface area contributed by atoms with Gasteiger partial charge in [0.05, 0.1) is 12.1 Å². The summed E-state index contributed by atoms with van der Waals surface area (Å²) in [6, 6.07) is 10.3. The van der Waals surface area contributed by atoms with E-state index < -0.39 is 5.91 Å². The number of phenolic OH excluding ortho intramolecular Hbond substituents is 1. The monoisotopic (exact) mass is 390 g/mol. The number of aromatic hydroxyl groups is 1. The zero-order valence-electron chi connectivity index (χ0n) is 13.8. The van der Waals surface area contributed by atoms with Crippen molar-refractivity contribution in [2.75, 3.05) is 18.9 Å². The van der Waals surface area contributed by atoms with Gasteiger partial charge in [0.25, 0.3) is 5.91 Å². The van der Waals surface area contributed by atoms with Crippen molar-refractivity contribution >= 4 is 33.4 Å². The van der Waals surface area contributed by atoms with Crippen LogP contribution in [0.15, 0.2) is 40.9 Å². The number of nitrogens with zero attached hydrogens (tertiary/aromatic N) is 1. The van der Waals surface area contributed by atoms with E-state index in [4.69, 9.17) is 0 Å². The van der Waals surface area contributed by atoms with Gasteiger partial charge in [0.15, 0.2) is 0 Å². The first-order chi connectivity index (χ1) is 11.3. The molecule has 0 aliphatic carbocycles. The van der Waals surface area contributed by atoms with E-state index in [0.717, 1.165) is 16.8 Å². The van der Waals surface area contributed by atoms with Gasteiger partial charge in [-0.2, -0.15) is 0 Å². The Morgan fingerprint density at radius 1 is 1.21 bits per heavy atom. The van der Waals surface area contributed by atoms with Crippen molar-refractivity contribution in [3.8, 4) is 5.75 Å². The van der Waals surface area contributed by atoms with Crippen LogP contribution in [0.3, 0.4) is 0 Å². The van der Waals surface area contributed by atoms with Crippen LogP contribution in [-0.4, -0.2) is 35.4 Å². The lowest BCUT2D eigenvalue weighted by Crippen LogP contribution is -2.35. The van der Waals surface area contributed by atoms with Crippen LogP contribution >= 0.6 is 15.9 Å². The van der Waals surface area contributed by atoms with Crippen LogP contribution < -0.4 is 5.32 Å². The average Bonchev–Trinajstić information content (AvgIpc) is 2.53. The van der Waals surface area contributed by atoms with Crippen molar-refractivity contribution in [1.29, 1.82) is 0 Å². The summed E-state index contributed by atoms with van der Waals surface area (Å²) in [6.45, 7) is 3.79. The van der Waals surface area contributed by atoms with Crippen molar-refractivity contribution in [3.05, 3.63) is 57.6 Å². The lowest BCUT2D eigenvalue weighted by Gasteiger charge is -2.18. The van der Waals surface area contributed by atoms with E-state index in [-0.39, 0.29) is 23.8 Å². The first-order valence-electron chi connectivity index (χ1n) is 7.39. The number of halogens is 1. The molecule has 0 fully saturated rings. The average molecular weight is 391 g/mol. The number of anilines is 1. The van der Waals surface area contributed by atoms with E-state index >= 15 is 0 Å². The highest BCUT2D eigenvalue weighted by molar-refractivity contribution is 9.10. The largest absolute Gasteiger partial charge is 0.507 e. The summed E-state index contributed by atoms with van der Waals surface area (Å²) in [6.07, 6.45) is 0. The molecule has 24 heavy (non-hydrogen) atoms. The highest BCUT2D eigenvalue weighted by Crippen LogP contribution is 2.23. The molecule has 2 aromatic carbocycles. The normalized spacial score (nSPS) is 10.3. The third kappa shape index (κ3) is 4.14. The van der Waals surface area contributed by atoms with Gasteiger partial charge in [-0.3, -0.25) is 9.59 Å². The van der Waals surface area contributed by atoms with Crippen molar-refractivity contribution in [2.24, 2.45) is 0 Å². The molecule has 0 aromatic heterocycles. The lowest BCUT2D eigenvalue weighted by atomic mass is 10.1. The first-order valence-corrected chi connectivity index (χ1v) is 8.19. The SMILES string of the molecule is Cc1cccc(NC(=O)CN(C)C(=O)c2cc(Br)ccc2O)c1C. The molecule has 2 aromatic rings. The summed E-state index contributed by atoms with van der Waals surface area (Å²) in [4.78, 5) is 25.9. The third-order valence-corrected chi connectivity index (χ3v) is 4.29. The number of hydrogen-bond acceptors (Lipinski definition) is 3. The van der Waals surface area contributed by atoms with Crippen LogP contribution in [0.1, 0.15) is 21.5 Å². The Kier molecular flexibility index (Phi) is 5.62. The Bertz CT molecular complexity index is 790. The Hall–Kier alpha value is -2.34. The number of amides is 2. The number of likely N-dealkylation sites (N-methyl/N-ethyl adjacent to an activating group) is 1. The van der Waals surface area contributed by atoms with Gasteiger partial charge in [-0.15, -0.1) is 0 Å². The summed E-state index contributed by atoms with van der Waals surface area (Å²) in [5.74, 6) is -0.844. The highest BCUT2D eigenvalue weighted by atomic mass is 79.9. The molecule has 2 rings (SSSR count). The Morgan fingerprint density at radius 2 is 1.92 bits per heavy atom. The summed E-state index contributed by atoms with van der Waals surface area (Å²) < 4.78 is 0.678. The van der Waals surface area contributed by atoms with Gasteiger partial charge in [-0.25, -0.2) is 0 Å². The molecule has 0 aliphatic heterocycles. The fraction of sp³-hybridized carbons (Fsp3) is 0.222. The van der Waals surface area contributed by atoms with Gasteiger partial charge in [-0.05, 0) is 49.2 Å². The molecule has 5 nitrogen and oxygen atoms in total. The molecule has 126 valence electrons. The molecular formula is C18H19BrN2O3. The molecule has 0 radical (unpaired) electrons. The summed E-state index contributed by atoms with van der Waals surface area (Å²) >= 11 is 3.26. The Morgan fingerprint density at radius 3 is 2.62 bits per heavy atom. The number of rotatable bonds is 4. The first kappa shape index (κ1) is 18.0. The molecule has 6 heteroatoms. The van der Waals surface area contributed by atoms with Crippen LogP contribution in [0.5, 0.6) is 5.75 Å². The molecule has 0 aliphatic rings. The molecule has 2 amide bonds. The van der Waals surface area contributed by atoms with Crippen LogP contribution in [0.4, 0.5) is 5.69 Å². The molecule has 0 atom stereocenters. The van der Waals surface area contributed by atoms with Gasteiger partial charge in [-0.1, -0.05) is 28.1 Å². The zero-order chi connectivity index (χ0) is 17.9. The minimum Gasteiger partial charge on any atom is -0.507 e. The minimum absolute atomic E-state index is 0.113. The highest BCUT2D eigenvalue weighted by Gasteiger charge is 2.19. The van der Waals surface area contributed by atoms with Crippen LogP contribution in [-0.2, 0) is 4.79 Å². The second-order valence-corrected chi connectivity index (χ2v) is 6.53. The van der Waals surface area contributed by atoms with Crippen LogP contribution in [0.2, 0.25) is 0 Å². The number of carbonyl (C=O) groups excluding carboxylic acids is 2. The maximum absolute atomic E-state index is 12.4. The van der Waals surface area contributed by atoms with Gasteiger partial charge in [0, 0.05) is 17.2 Å². The van der Waals surface area contributed by atoms with E-state index in [1.165, 1.54) is 24.1 Å². The van der Waals surface area contributed by atoms with Gasteiger partial charge in [0.2, 0.25) is 5.91 Å². The van der Waals surface area contributed by atoms with E-state index in [9.17, 15) is 14.7 Å². The van der Waals surface area contributed by atoms with Gasteiger partial charge >= 0.3 is 0 Å². The predicted octanol–water partition coefficient (Wildman–Crippen LogP) is 3.48. The van der Waals surface area contributed by atoms with Crippen LogP contribution in [0, 0.1) is 13.8 Å². The second-order valence-electron chi connectivity index (χ2n) is 5.62. The van der Waals surface area contributed by atoms with Crippen molar-refractivity contribution in [1.82, 2.24) is 4.90 Å². The standard InChI is InChI=1S/C18H19BrN2O3/c1-11-5-4-6-15(12(11)2)20-17(23)10-21(3)18(24)14-9-13(19)7-8-16(14)22/h4-9,22H,10H2,1-3H3,(H,20,23). The molecule has 0 spiro atoms. The number of nitrogens with one attached hydrogen (secondary N) is 1. The molecule has 0 saturated carbocycles.